The molecule has 0 spiro atoms. The Morgan fingerprint density at radius 3 is 2.15 bits per heavy atom. The molecule has 0 aromatic heterocycles. The Labute approximate surface area is 158 Å². The van der Waals surface area contributed by atoms with Gasteiger partial charge in [0.2, 0.25) is 11.8 Å². The maximum atomic E-state index is 12.3. The number of nitrogens with two attached hydrogens (primary N) is 1. The smallest absolute Gasteiger partial charge is 0.242 e. The SMILES string of the molecule is CC(C)[C@H](N)C(=O)NCC(=O)N1CCN(CCN2C(C)CCC2C)CC1. The molecule has 26 heavy (non-hydrogen) atoms. The minimum atomic E-state index is -0.560. The summed E-state index contributed by atoms with van der Waals surface area (Å²) in [6.07, 6.45) is 2.60. The van der Waals surface area contributed by atoms with Crippen molar-refractivity contribution in [1.29, 1.82) is 0 Å². The van der Waals surface area contributed by atoms with Crippen molar-refractivity contribution in [2.75, 3.05) is 45.8 Å². The van der Waals surface area contributed by atoms with Crippen LogP contribution in [-0.4, -0.2) is 90.5 Å². The van der Waals surface area contributed by atoms with E-state index in [0.29, 0.717) is 12.1 Å². The minimum Gasteiger partial charge on any atom is -0.346 e. The topological polar surface area (TPSA) is 81.9 Å². The Balaban J connectivity index is 1.66. The van der Waals surface area contributed by atoms with Gasteiger partial charge in [0.05, 0.1) is 12.6 Å². The van der Waals surface area contributed by atoms with Gasteiger partial charge < -0.3 is 16.0 Å². The summed E-state index contributed by atoms with van der Waals surface area (Å²) in [5.41, 5.74) is 5.80. The average molecular weight is 368 g/mol. The van der Waals surface area contributed by atoms with Gasteiger partial charge in [-0.05, 0) is 32.6 Å². The summed E-state index contributed by atoms with van der Waals surface area (Å²) in [6, 6.07) is 0.817. The molecule has 0 bridgehead atoms. The zero-order valence-electron chi connectivity index (χ0n) is 16.9. The second-order valence-electron chi connectivity index (χ2n) is 8.22. The standard InChI is InChI=1S/C19H37N5O2/c1-14(2)18(20)19(26)21-13-17(25)23-10-7-22(8-11-23)9-12-24-15(3)5-6-16(24)4/h14-16,18H,5-13,20H2,1-4H3,(H,21,26)/t15?,16?,18-/m0/s1. The number of rotatable bonds is 7. The van der Waals surface area contributed by atoms with E-state index in [2.05, 4.69) is 29.0 Å². The molecule has 0 aromatic carbocycles. The van der Waals surface area contributed by atoms with E-state index in [1.54, 1.807) is 0 Å². The number of piperazine rings is 1. The molecule has 2 aliphatic heterocycles. The molecule has 7 heteroatoms. The van der Waals surface area contributed by atoms with Crippen LogP contribution < -0.4 is 11.1 Å². The highest BCUT2D eigenvalue weighted by atomic mass is 16.2. The van der Waals surface area contributed by atoms with Crippen LogP contribution in [0.15, 0.2) is 0 Å². The summed E-state index contributed by atoms with van der Waals surface area (Å²) < 4.78 is 0. The Bertz CT molecular complexity index is 467. The molecular formula is C19H37N5O2. The second-order valence-corrected chi connectivity index (χ2v) is 8.22. The number of hydrogen-bond donors (Lipinski definition) is 2. The average Bonchev–Trinajstić information content (AvgIpc) is 2.95. The zero-order chi connectivity index (χ0) is 19.3. The molecule has 150 valence electrons. The van der Waals surface area contributed by atoms with Crippen molar-refractivity contribution in [3.05, 3.63) is 0 Å². The molecule has 2 aliphatic rings. The van der Waals surface area contributed by atoms with Gasteiger partial charge in [-0.2, -0.15) is 0 Å². The van der Waals surface area contributed by atoms with Crippen LogP contribution in [0.5, 0.6) is 0 Å². The number of nitrogens with one attached hydrogen (secondary N) is 1. The Morgan fingerprint density at radius 2 is 1.62 bits per heavy atom. The summed E-state index contributed by atoms with van der Waals surface area (Å²) in [4.78, 5) is 31.1. The first-order valence-corrected chi connectivity index (χ1v) is 10.1. The lowest BCUT2D eigenvalue weighted by atomic mass is 10.1. The molecule has 7 nitrogen and oxygen atoms in total. The van der Waals surface area contributed by atoms with Crippen LogP contribution in [-0.2, 0) is 9.59 Å². The third kappa shape index (κ3) is 5.66. The number of carbonyl (C=O) groups is 2. The fraction of sp³-hybridized carbons (Fsp3) is 0.895. The van der Waals surface area contributed by atoms with Crippen LogP contribution >= 0.6 is 0 Å². The minimum absolute atomic E-state index is 0.0178. The van der Waals surface area contributed by atoms with Gasteiger partial charge in [-0.1, -0.05) is 13.8 Å². The lowest BCUT2D eigenvalue weighted by Gasteiger charge is -2.36. The Kier molecular flexibility index (Phi) is 7.85. The van der Waals surface area contributed by atoms with Crippen LogP contribution in [0.3, 0.4) is 0 Å². The molecule has 2 unspecified atom stereocenters. The fourth-order valence-electron chi connectivity index (χ4n) is 3.86. The van der Waals surface area contributed by atoms with Crippen molar-refractivity contribution < 1.29 is 9.59 Å². The second kappa shape index (κ2) is 9.67. The molecule has 2 rings (SSSR count). The highest BCUT2D eigenvalue weighted by molar-refractivity contribution is 5.87. The van der Waals surface area contributed by atoms with E-state index < -0.39 is 6.04 Å². The van der Waals surface area contributed by atoms with Gasteiger partial charge in [0.25, 0.3) is 0 Å². The number of amides is 2. The van der Waals surface area contributed by atoms with Crippen molar-refractivity contribution in [2.45, 2.75) is 58.7 Å². The van der Waals surface area contributed by atoms with Crippen LogP contribution in [0.1, 0.15) is 40.5 Å². The third-order valence-electron chi connectivity index (χ3n) is 5.97. The monoisotopic (exact) mass is 367 g/mol. The Morgan fingerprint density at radius 1 is 1.04 bits per heavy atom. The van der Waals surface area contributed by atoms with E-state index in [4.69, 9.17) is 5.73 Å². The highest BCUT2D eigenvalue weighted by Crippen LogP contribution is 2.22. The molecular weight excluding hydrogens is 330 g/mol. The van der Waals surface area contributed by atoms with Gasteiger partial charge >= 0.3 is 0 Å². The van der Waals surface area contributed by atoms with Gasteiger partial charge in [-0.25, -0.2) is 0 Å². The van der Waals surface area contributed by atoms with Crippen molar-refractivity contribution >= 4 is 11.8 Å². The van der Waals surface area contributed by atoms with E-state index >= 15 is 0 Å². The molecule has 0 aliphatic carbocycles. The van der Waals surface area contributed by atoms with Crippen molar-refractivity contribution in [3.63, 3.8) is 0 Å². The van der Waals surface area contributed by atoms with Crippen molar-refractivity contribution in [2.24, 2.45) is 11.7 Å². The summed E-state index contributed by atoms with van der Waals surface area (Å²) in [6.45, 7) is 13.9. The lowest BCUT2D eigenvalue weighted by molar-refractivity contribution is -0.134. The van der Waals surface area contributed by atoms with Crippen LogP contribution in [0.2, 0.25) is 0 Å². The van der Waals surface area contributed by atoms with Gasteiger partial charge in [0.1, 0.15) is 0 Å². The predicted octanol–water partition coefficient (Wildman–Crippen LogP) is 0.103. The molecule has 0 saturated carbocycles. The lowest BCUT2D eigenvalue weighted by Crippen LogP contribution is -2.53. The van der Waals surface area contributed by atoms with E-state index in [1.165, 1.54) is 12.8 Å². The largest absolute Gasteiger partial charge is 0.346 e. The van der Waals surface area contributed by atoms with Gasteiger partial charge in [0.15, 0.2) is 0 Å². The zero-order valence-corrected chi connectivity index (χ0v) is 16.9. The van der Waals surface area contributed by atoms with E-state index in [0.717, 1.165) is 39.3 Å². The first-order chi connectivity index (χ1) is 12.3. The van der Waals surface area contributed by atoms with Crippen LogP contribution in [0.4, 0.5) is 0 Å². The first-order valence-electron chi connectivity index (χ1n) is 10.1. The molecule has 2 amide bonds. The van der Waals surface area contributed by atoms with Gasteiger partial charge in [-0.15, -0.1) is 0 Å². The van der Waals surface area contributed by atoms with E-state index in [1.807, 2.05) is 18.7 Å². The summed E-state index contributed by atoms with van der Waals surface area (Å²) in [7, 11) is 0. The van der Waals surface area contributed by atoms with E-state index in [9.17, 15) is 9.59 Å². The predicted molar refractivity (Wildman–Crippen MR) is 104 cm³/mol. The maximum absolute atomic E-state index is 12.3. The molecule has 3 N–H and O–H groups in total. The van der Waals surface area contributed by atoms with Crippen LogP contribution in [0.25, 0.3) is 0 Å². The summed E-state index contributed by atoms with van der Waals surface area (Å²) in [5.74, 6) is -0.203. The summed E-state index contributed by atoms with van der Waals surface area (Å²) >= 11 is 0. The van der Waals surface area contributed by atoms with E-state index in [-0.39, 0.29) is 24.3 Å². The van der Waals surface area contributed by atoms with Crippen molar-refractivity contribution in [3.8, 4) is 0 Å². The molecule has 2 fully saturated rings. The number of hydrogen-bond acceptors (Lipinski definition) is 5. The van der Waals surface area contributed by atoms with Gasteiger partial charge in [-0.3, -0.25) is 19.4 Å². The number of nitrogens with zero attached hydrogens (tertiary/aromatic N) is 3. The van der Waals surface area contributed by atoms with Gasteiger partial charge in [0, 0.05) is 51.4 Å². The Hall–Kier alpha value is -1.18. The molecule has 0 aromatic rings. The first kappa shape index (κ1) is 21.1. The number of likely N-dealkylation sites (tertiary alicyclic amines) is 1. The summed E-state index contributed by atoms with van der Waals surface area (Å²) in [5, 5.41) is 2.67. The third-order valence-corrected chi connectivity index (χ3v) is 5.97. The molecule has 2 heterocycles. The highest BCUT2D eigenvalue weighted by Gasteiger charge is 2.28. The molecule has 3 atom stereocenters. The fourth-order valence-corrected chi connectivity index (χ4v) is 3.86. The molecule has 0 radical (unpaired) electrons. The quantitative estimate of drug-likeness (QED) is 0.667. The maximum Gasteiger partial charge on any atom is 0.242 e. The van der Waals surface area contributed by atoms with Crippen molar-refractivity contribution in [1.82, 2.24) is 20.0 Å². The molecule has 2 saturated heterocycles. The normalized spacial score (nSPS) is 26.3. The van der Waals surface area contributed by atoms with Crippen LogP contribution in [0, 0.1) is 5.92 Å². The number of carbonyl (C=O) groups excluding carboxylic acids is 2.